The van der Waals surface area contributed by atoms with Gasteiger partial charge in [0.2, 0.25) is 0 Å². The molecule has 0 fully saturated rings. The van der Waals surface area contributed by atoms with E-state index in [1.807, 2.05) is 0 Å². The first-order valence-electron chi connectivity index (χ1n) is 14.1. The highest BCUT2D eigenvalue weighted by molar-refractivity contribution is 9.10. The highest BCUT2D eigenvalue weighted by atomic mass is 79.9. The molecule has 41 heavy (non-hydrogen) atoms. The minimum atomic E-state index is -0.0345. The zero-order valence-electron chi connectivity index (χ0n) is 23.0. The van der Waals surface area contributed by atoms with Gasteiger partial charge in [-0.1, -0.05) is 121 Å². The highest BCUT2D eigenvalue weighted by Gasteiger charge is 2.37. The van der Waals surface area contributed by atoms with Crippen LogP contribution < -0.4 is 0 Å². The molecule has 0 radical (unpaired) electrons. The van der Waals surface area contributed by atoms with Crippen LogP contribution >= 0.6 is 15.9 Å². The van der Waals surface area contributed by atoms with Crippen LogP contribution in [0.4, 0.5) is 0 Å². The first kappa shape index (κ1) is 24.4. The van der Waals surface area contributed by atoms with Crippen molar-refractivity contribution < 1.29 is 0 Å². The zero-order valence-corrected chi connectivity index (χ0v) is 24.6. The van der Waals surface area contributed by atoms with E-state index < -0.39 is 0 Å². The SMILES string of the molecule is CC1(C)c2ccccc2-c2c(-n3c4ccccc4c4cc(-c5cccc(-c6cccc(Br)c6)c5)ccc43)cccc21. The molecule has 1 aliphatic rings. The summed E-state index contributed by atoms with van der Waals surface area (Å²) in [6.07, 6.45) is 0. The van der Waals surface area contributed by atoms with Gasteiger partial charge in [0, 0.05) is 26.2 Å². The molecular formula is C39H28BrN. The van der Waals surface area contributed by atoms with Crippen LogP contribution in [0.3, 0.4) is 0 Å². The summed E-state index contributed by atoms with van der Waals surface area (Å²) in [6.45, 7) is 4.70. The lowest BCUT2D eigenvalue weighted by molar-refractivity contribution is 0.660. The predicted octanol–water partition coefficient (Wildman–Crippen LogP) is 11.2. The van der Waals surface area contributed by atoms with Crippen LogP contribution in [0.25, 0.3) is 60.9 Å². The van der Waals surface area contributed by atoms with Gasteiger partial charge in [0.05, 0.1) is 16.7 Å². The van der Waals surface area contributed by atoms with Gasteiger partial charge in [0.1, 0.15) is 0 Å². The second kappa shape index (κ2) is 9.06. The number of para-hydroxylation sites is 1. The number of halogens is 1. The second-order valence-corrected chi connectivity index (χ2v) is 12.5. The van der Waals surface area contributed by atoms with E-state index in [1.54, 1.807) is 0 Å². The minimum Gasteiger partial charge on any atom is -0.309 e. The number of aromatic nitrogens is 1. The topological polar surface area (TPSA) is 4.93 Å². The van der Waals surface area contributed by atoms with Gasteiger partial charge < -0.3 is 4.57 Å². The summed E-state index contributed by atoms with van der Waals surface area (Å²) in [5.74, 6) is 0. The Labute approximate surface area is 248 Å². The third-order valence-electron chi connectivity index (χ3n) is 8.85. The summed E-state index contributed by atoms with van der Waals surface area (Å²) in [4.78, 5) is 0. The lowest BCUT2D eigenvalue weighted by Gasteiger charge is -2.21. The van der Waals surface area contributed by atoms with Gasteiger partial charge in [-0.2, -0.15) is 0 Å². The van der Waals surface area contributed by atoms with Crippen LogP contribution in [-0.4, -0.2) is 4.57 Å². The monoisotopic (exact) mass is 589 g/mol. The normalized spacial score (nSPS) is 13.4. The van der Waals surface area contributed by atoms with E-state index in [1.165, 1.54) is 72.0 Å². The number of nitrogens with zero attached hydrogens (tertiary/aromatic N) is 1. The summed E-state index contributed by atoms with van der Waals surface area (Å²) < 4.78 is 3.57. The molecule has 6 aromatic carbocycles. The highest BCUT2D eigenvalue weighted by Crippen LogP contribution is 2.51. The van der Waals surface area contributed by atoms with Crippen molar-refractivity contribution in [1.29, 1.82) is 0 Å². The van der Waals surface area contributed by atoms with Crippen molar-refractivity contribution in [3.8, 4) is 39.1 Å². The third kappa shape index (κ3) is 3.67. The largest absolute Gasteiger partial charge is 0.309 e. The van der Waals surface area contributed by atoms with Gasteiger partial charge in [-0.25, -0.2) is 0 Å². The van der Waals surface area contributed by atoms with E-state index in [2.05, 4.69) is 168 Å². The molecular weight excluding hydrogens is 562 g/mol. The minimum absolute atomic E-state index is 0.0345. The van der Waals surface area contributed by atoms with Crippen molar-refractivity contribution in [3.63, 3.8) is 0 Å². The van der Waals surface area contributed by atoms with E-state index in [-0.39, 0.29) is 5.41 Å². The molecule has 0 saturated heterocycles. The van der Waals surface area contributed by atoms with Gasteiger partial charge >= 0.3 is 0 Å². The van der Waals surface area contributed by atoms with Crippen LogP contribution in [0.1, 0.15) is 25.0 Å². The number of benzene rings is 6. The van der Waals surface area contributed by atoms with Crippen molar-refractivity contribution in [2.45, 2.75) is 19.3 Å². The number of fused-ring (bicyclic) bond motifs is 6. The molecule has 0 spiro atoms. The van der Waals surface area contributed by atoms with Crippen LogP contribution in [0.15, 0.2) is 138 Å². The maximum absolute atomic E-state index is 3.63. The lowest BCUT2D eigenvalue weighted by Crippen LogP contribution is -2.14. The van der Waals surface area contributed by atoms with Crippen LogP contribution in [-0.2, 0) is 5.41 Å². The van der Waals surface area contributed by atoms with E-state index in [4.69, 9.17) is 0 Å². The molecule has 0 unspecified atom stereocenters. The van der Waals surface area contributed by atoms with Crippen LogP contribution in [0.2, 0.25) is 0 Å². The molecule has 0 atom stereocenters. The van der Waals surface area contributed by atoms with Crippen molar-refractivity contribution in [2.75, 3.05) is 0 Å². The fourth-order valence-electron chi connectivity index (χ4n) is 6.88. The molecule has 1 heterocycles. The van der Waals surface area contributed by atoms with E-state index in [0.717, 1.165) is 4.47 Å². The predicted molar refractivity (Wildman–Crippen MR) is 177 cm³/mol. The maximum Gasteiger partial charge on any atom is 0.0543 e. The van der Waals surface area contributed by atoms with Crippen molar-refractivity contribution >= 4 is 37.7 Å². The summed E-state index contributed by atoms with van der Waals surface area (Å²) in [7, 11) is 0. The number of hydrogen-bond acceptors (Lipinski definition) is 0. The van der Waals surface area contributed by atoms with E-state index >= 15 is 0 Å². The Balaban J connectivity index is 1.35. The lowest BCUT2D eigenvalue weighted by atomic mass is 9.82. The number of hydrogen-bond donors (Lipinski definition) is 0. The fourth-order valence-corrected chi connectivity index (χ4v) is 7.28. The molecule has 1 nitrogen and oxygen atoms in total. The molecule has 0 amide bonds. The fraction of sp³-hybridized carbons (Fsp3) is 0.0769. The Morgan fingerprint density at radius 3 is 1.98 bits per heavy atom. The first-order valence-corrected chi connectivity index (χ1v) is 14.9. The average Bonchev–Trinajstić information content (AvgIpc) is 3.46. The Hall–Kier alpha value is -4.40. The first-order chi connectivity index (χ1) is 20.0. The summed E-state index contributed by atoms with van der Waals surface area (Å²) >= 11 is 3.63. The van der Waals surface area contributed by atoms with Crippen molar-refractivity contribution in [1.82, 2.24) is 4.57 Å². The van der Waals surface area contributed by atoms with Crippen molar-refractivity contribution in [3.05, 3.63) is 149 Å². The second-order valence-electron chi connectivity index (χ2n) is 11.5. The standard InChI is InChI=1S/C39H28BrN/c1-39(2)33-16-5-3-15-31(33)38-34(39)17-9-19-37(38)41-35-18-6-4-14-30(35)32-24-28(20-21-36(32)41)26-11-7-10-25(22-26)27-12-8-13-29(40)23-27/h3-24H,1-2H3. The van der Waals surface area contributed by atoms with Crippen LogP contribution in [0, 0.1) is 0 Å². The number of rotatable bonds is 3. The molecule has 1 aromatic heterocycles. The Morgan fingerprint density at radius 1 is 0.512 bits per heavy atom. The summed E-state index contributed by atoms with van der Waals surface area (Å²) in [6, 6.07) is 48.9. The Bertz CT molecular complexity index is 2150. The molecule has 0 bridgehead atoms. The van der Waals surface area contributed by atoms with Gasteiger partial charge in [-0.05, 0) is 81.4 Å². The van der Waals surface area contributed by atoms with Gasteiger partial charge in [0.25, 0.3) is 0 Å². The Morgan fingerprint density at radius 2 is 1.15 bits per heavy atom. The molecule has 7 aromatic rings. The van der Waals surface area contributed by atoms with E-state index in [9.17, 15) is 0 Å². The van der Waals surface area contributed by atoms with Gasteiger partial charge in [-0.3, -0.25) is 0 Å². The van der Waals surface area contributed by atoms with E-state index in [0.29, 0.717) is 0 Å². The molecule has 196 valence electrons. The molecule has 8 rings (SSSR count). The molecule has 2 heteroatoms. The average molecular weight is 591 g/mol. The van der Waals surface area contributed by atoms with Crippen LogP contribution in [0.5, 0.6) is 0 Å². The molecule has 0 aliphatic heterocycles. The smallest absolute Gasteiger partial charge is 0.0543 e. The zero-order chi connectivity index (χ0) is 27.7. The molecule has 1 aliphatic carbocycles. The maximum atomic E-state index is 3.63. The molecule has 0 N–H and O–H groups in total. The molecule has 0 saturated carbocycles. The van der Waals surface area contributed by atoms with Gasteiger partial charge in [0.15, 0.2) is 0 Å². The van der Waals surface area contributed by atoms with Crippen molar-refractivity contribution in [2.24, 2.45) is 0 Å². The van der Waals surface area contributed by atoms with Gasteiger partial charge in [-0.15, -0.1) is 0 Å². The summed E-state index contributed by atoms with van der Waals surface area (Å²) in [5, 5.41) is 2.55. The summed E-state index contributed by atoms with van der Waals surface area (Å²) in [5.41, 5.74) is 14.0. The quantitative estimate of drug-likeness (QED) is 0.193. The Kier molecular flexibility index (Phi) is 5.39. The third-order valence-corrected chi connectivity index (χ3v) is 9.35.